The normalized spacial score (nSPS) is 15.9. The summed E-state index contributed by atoms with van der Waals surface area (Å²) in [4.78, 5) is 10.9. The van der Waals surface area contributed by atoms with Crippen LogP contribution in [0.15, 0.2) is 12.4 Å². The lowest BCUT2D eigenvalue weighted by Gasteiger charge is -2.29. The molecule has 5 nitrogen and oxygen atoms in total. The zero-order valence-corrected chi connectivity index (χ0v) is 10.4. The van der Waals surface area contributed by atoms with Gasteiger partial charge in [-0.15, -0.1) is 0 Å². The maximum absolute atomic E-state index is 9.04. The third-order valence-corrected chi connectivity index (χ3v) is 3.40. The van der Waals surface area contributed by atoms with Gasteiger partial charge in [0.05, 0.1) is 0 Å². The zero-order chi connectivity index (χ0) is 12.5. The Morgan fingerprint density at radius 1 is 1.28 bits per heavy atom. The molecule has 0 amide bonds. The third-order valence-electron chi connectivity index (χ3n) is 3.40. The molecule has 18 heavy (non-hydrogen) atoms. The molecule has 5 heteroatoms. The summed E-state index contributed by atoms with van der Waals surface area (Å²) in [6.45, 7) is 4.10. The van der Waals surface area contributed by atoms with E-state index in [1.807, 2.05) is 11.3 Å². The molecule has 3 heterocycles. The van der Waals surface area contributed by atoms with Gasteiger partial charge in [-0.2, -0.15) is 5.26 Å². The van der Waals surface area contributed by atoms with Gasteiger partial charge < -0.3 is 4.90 Å². The molecule has 0 spiro atoms. The van der Waals surface area contributed by atoms with Crippen molar-refractivity contribution in [1.29, 1.82) is 5.26 Å². The predicted molar refractivity (Wildman–Crippen MR) is 68.5 cm³/mol. The molecule has 1 fully saturated rings. The summed E-state index contributed by atoms with van der Waals surface area (Å²) in [5.41, 5.74) is 2.00. The molecule has 0 aromatic carbocycles. The molecule has 2 aromatic heterocycles. The second-order valence-electron chi connectivity index (χ2n) is 4.70. The monoisotopic (exact) mass is 241 g/mol. The van der Waals surface area contributed by atoms with E-state index in [9.17, 15) is 0 Å². The molecular formula is C13H15N5. The van der Waals surface area contributed by atoms with Crippen molar-refractivity contribution in [3.05, 3.63) is 23.8 Å². The van der Waals surface area contributed by atoms with Gasteiger partial charge in [0.15, 0.2) is 11.3 Å². The van der Waals surface area contributed by atoms with Gasteiger partial charge in [0.2, 0.25) is 0 Å². The van der Waals surface area contributed by atoms with Crippen molar-refractivity contribution < 1.29 is 0 Å². The maximum Gasteiger partial charge on any atom is 0.185 e. The largest absolute Gasteiger partial charge is 0.358 e. The zero-order valence-electron chi connectivity index (χ0n) is 10.4. The standard InChI is InChI=1S/C13H15N5/c1-10-7-12(17-5-3-2-4-6-17)18-9-15-11(8-14)13(18)16-10/h7,9H,2-6H2,1H3. The van der Waals surface area contributed by atoms with Crippen molar-refractivity contribution in [2.45, 2.75) is 26.2 Å². The van der Waals surface area contributed by atoms with E-state index in [-0.39, 0.29) is 0 Å². The lowest BCUT2D eigenvalue weighted by atomic mass is 10.1. The molecule has 1 aliphatic heterocycles. The van der Waals surface area contributed by atoms with Crippen molar-refractivity contribution in [3.63, 3.8) is 0 Å². The van der Waals surface area contributed by atoms with Crippen LogP contribution in [0, 0.1) is 18.3 Å². The number of hydrogen-bond donors (Lipinski definition) is 0. The molecule has 1 aliphatic rings. The van der Waals surface area contributed by atoms with E-state index in [1.54, 1.807) is 6.33 Å². The van der Waals surface area contributed by atoms with Gasteiger partial charge in [-0.1, -0.05) is 0 Å². The molecule has 0 unspecified atom stereocenters. The second-order valence-corrected chi connectivity index (χ2v) is 4.70. The van der Waals surface area contributed by atoms with Crippen molar-refractivity contribution >= 4 is 11.5 Å². The molecule has 3 rings (SSSR count). The van der Waals surface area contributed by atoms with E-state index < -0.39 is 0 Å². The molecule has 0 aliphatic carbocycles. The summed E-state index contributed by atoms with van der Waals surface area (Å²) >= 11 is 0. The van der Waals surface area contributed by atoms with Crippen molar-refractivity contribution in [3.8, 4) is 6.07 Å². The Morgan fingerprint density at radius 2 is 2.06 bits per heavy atom. The van der Waals surface area contributed by atoms with Crippen LogP contribution >= 0.6 is 0 Å². The van der Waals surface area contributed by atoms with E-state index in [0.717, 1.165) is 24.6 Å². The summed E-state index contributed by atoms with van der Waals surface area (Å²) < 4.78 is 1.93. The van der Waals surface area contributed by atoms with E-state index in [4.69, 9.17) is 5.26 Å². The van der Waals surface area contributed by atoms with E-state index >= 15 is 0 Å². The lowest BCUT2D eigenvalue weighted by Crippen LogP contribution is -2.31. The van der Waals surface area contributed by atoms with Crippen LogP contribution in [0.5, 0.6) is 0 Å². The first kappa shape index (κ1) is 11.0. The molecule has 0 bridgehead atoms. The summed E-state index contributed by atoms with van der Waals surface area (Å²) in [6.07, 6.45) is 5.45. The Balaban J connectivity index is 2.16. The molecule has 0 saturated carbocycles. The number of hydrogen-bond acceptors (Lipinski definition) is 4. The Morgan fingerprint density at radius 3 is 2.78 bits per heavy atom. The van der Waals surface area contributed by atoms with E-state index in [0.29, 0.717) is 11.3 Å². The molecular weight excluding hydrogens is 226 g/mol. The average Bonchev–Trinajstić information content (AvgIpc) is 2.81. The summed E-state index contributed by atoms with van der Waals surface area (Å²) in [5, 5.41) is 9.04. The maximum atomic E-state index is 9.04. The van der Waals surface area contributed by atoms with Crippen molar-refractivity contribution in [2.75, 3.05) is 18.0 Å². The highest BCUT2D eigenvalue weighted by molar-refractivity contribution is 5.58. The fraction of sp³-hybridized carbons (Fsp3) is 0.462. The summed E-state index contributed by atoms with van der Waals surface area (Å²) in [7, 11) is 0. The van der Waals surface area contributed by atoms with E-state index in [2.05, 4.69) is 27.0 Å². The highest BCUT2D eigenvalue weighted by atomic mass is 15.2. The highest BCUT2D eigenvalue weighted by Gasteiger charge is 2.16. The topological polar surface area (TPSA) is 57.2 Å². The Bertz CT molecular complexity index is 616. The highest BCUT2D eigenvalue weighted by Crippen LogP contribution is 2.22. The van der Waals surface area contributed by atoms with Gasteiger partial charge in [-0.05, 0) is 26.2 Å². The number of fused-ring (bicyclic) bond motifs is 1. The van der Waals surface area contributed by atoms with Gasteiger partial charge in [-0.3, -0.25) is 4.40 Å². The number of nitrogens with zero attached hydrogens (tertiary/aromatic N) is 5. The molecule has 2 aromatic rings. The van der Waals surface area contributed by atoms with Crippen LogP contribution in [0.4, 0.5) is 5.82 Å². The van der Waals surface area contributed by atoms with Gasteiger partial charge in [-0.25, -0.2) is 9.97 Å². The quantitative estimate of drug-likeness (QED) is 0.765. The minimum absolute atomic E-state index is 0.400. The Kier molecular flexibility index (Phi) is 2.63. The Labute approximate surface area is 106 Å². The number of anilines is 1. The van der Waals surface area contributed by atoms with E-state index in [1.165, 1.54) is 19.3 Å². The number of nitriles is 1. The number of aryl methyl sites for hydroxylation is 1. The summed E-state index contributed by atoms with van der Waals surface area (Å²) in [6, 6.07) is 4.16. The lowest BCUT2D eigenvalue weighted by molar-refractivity contribution is 0.571. The van der Waals surface area contributed by atoms with Crippen LogP contribution in [0.25, 0.3) is 5.65 Å². The molecule has 0 N–H and O–H groups in total. The fourth-order valence-electron chi connectivity index (χ4n) is 2.52. The van der Waals surface area contributed by atoms with Crippen LogP contribution in [-0.2, 0) is 0 Å². The van der Waals surface area contributed by atoms with Gasteiger partial charge >= 0.3 is 0 Å². The van der Waals surface area contributed by atoms with Crippen LogP contribution in [-0.4, -0.2) is 27.5 Å². The first-order chi connectivity index (χ1) is 8.79. The molecule has 1 saturated heterocycles. The number of rotatable bonds is 1. The minimum Gasteiger partial charge on any atom is -0.358 e. The third kappa shape index (κ3) is 1.70. The number of aromatic nitrogens is 3. The Hall–Kier alpha value is -2.09. The summed E-state index contributed by atoms with van der Waals surface area (Å²) in [5.74, 6) is 1.10. The van der Waals surface area contributed by atoms with Crippen molar-refractivity contribution in [2.24, 2.45) is 0 Å². The fourth-order valence-corrected chi connectivity index (χ4v) is 2.52. The van der Waals surface area contributed by atoms with Gasteiger partial charge in [0, 0.05) is 24.8 Å². The van der Waals surface area contributed by atoms with Gasteiger partial charge in [0.1, 0.15) is 18.2 Å². The number of piperidine rings is 1. The molecule has 0 atom stereocenters. The first-order valence-electron chi connectivity index (χ1n) is 6.29. The minimum atomic E-state index is 0.400. The number of imidazole rings is 1. The average molecular weight is 241 g/mol. The van der Waals surface area contributed by atoms with Crippen molar-refractivity contribution in [1.82, 2.24) is 14.4 Å². The smallest absolute Gasteiger partial charge is 0.185 e. The first-order valence-corrected chi connectivity index (χ1v) is 6.29. The van der Waals surface area contributed by atoms with Crippen LogP contribution < -0.4 is 4.90 Å². The molecule has 0 radical (unpaired) electrons. The van der Waals surface area contributed by atoms with Gasteiger partial charge in [0.25, 0.3) is 0 Å². The second kappa shape index (κ2) is 4.30. The molecule has 92 valence electrons. The van der Waals surface area contributed by atoms with Crippen LogP contribution in [0.2, 0.25) is 0 Å². The van der Waals surface area contributed by atoms with Crippen LogP contribution in [0.3, 0.4) is 0 Å². The van der Waals surface area contributed by atoms with Crippen LogP contribution in [0.1, 0.15) is 30.7 Å². The SMILES string of the molecule is Cc1cc(N2CCCCC2)n2cnc(C#N)c2n1. The predicted octanol–water partition coefficient (Wildman–Crippen LogP) is 1.90.